The minimum atomic E-state index is -0.170. The van der Waals surface area contributed by atoms with E-state index in [1.807, 2.05) is 43.0 Å². The molecule has 2 aromatic rings. The highest BCUT2D eigenvalue weighted by Gasteiger charge is 2.10. The van der Waals surface area contributed by atoms with Crippen molar-refractivity contribution in [1.29, 1.82) is 0 Å². The van der Waals surface area contributed by atoms with Crippen molar-refractivity contribution in [2.24, 2.45) is 11.7 Å². The first-order valence-electron chi connectivity index (χ1n) is 7.40. The van der Waals surface area contributed by atoms with E-state index in [4.69, 9.17) is 5.73 Å². The molecule has 3 nitrogen and oxygen atoms in total. The molecule has 0 aliphatic rings. The highest BCUT2D eigenvalue weighted by molar-refractivity contribution is 7.97. The van der Waals surface area contributed by atoms with E-state index in [9.17, 15) is 4.79 Å². The molecule has 1 amide bonds. The van der Waals surface area contributed by atoms with E-state index < -0.39 is 0 Å². The lowest BCUT2D eigenvalue weighted by Gasteiger charge is -2.11. The van der Waals surface area contributed by atoms with Gasteiger partial charge in [0.2, 0.25) is 5.91 Å². The Kier molecular flexibility index (Phi) is 8.77. The second-order valence-corrected chi connectivity index (χ2v) is 6.29. The van der Waals surface area contributed by atoms with Gasteiger partial charge in [0.25, 0.3) is 0 Å². The molecule has 0 saturated heterocycles. The van der Waals surface area contributed by atoms with Gasteiger partial charge in [-0.15, -0.1) is 12.4 Å². The third-order valence-corrected chi connectivity index (χ3v) is 4.45. The van der Waals surface area contributed by atoms with Crippen LogP contribution in [0.4, 0.5) is 5.69 Å². The van der Waals surface area contributed by atoms with Crippen molar-refractivity contribution < 1.29 is 4.79 Å². The van der Waals surface area contributed by atoms with Gasteiger partial charge in [0, 0.05) is 29.7 Å². The van der Waals surface area contributed by atoms with Crippen LogP contribution in [0.5, 0.6) is 0 Å². The summed E-state index contributed by atoms with van der Waals surface area (Å²) in [6.45, 7) is 2.19. The largest absolute Gasteiger partial charge is 0.330 e. The number of carbonyl (C=O) groups is 1. The van der Waals surface area contributed by atoms with E-state index in [0.29, 0.717) is 6.54 Å². The van der Waals surface area contributed by atoms with E-state index in [1.54, 1.807) is 0 Å². The lowest BCUT2D eigenvalue weighted by atomic mass is 10.1. The molecule has 2 rings (SSSR count). The van der Waals surface area contributed by atoms with Crippen LogP contribution in [0.2, 0.25) is 0 Å². The smallest absolute Gasteiger partial charge is 0.228 e. The van der Waals surface area contributed by atoms with Crippen molar-refractivity contribution in [2.45, 2.75) is 18.4 Å². The highest BCUT2D eigenvalue weighted by atomic mass is 35.5. The molecule has 0 aliphatic heterocycles. The second kappa shape index (κ2) is 10.3. The Morgan fingerprint density at radius 2 is 1.74 bits per heavy atom. The van der Waals surface area contributed by atoms with E-state index in [1.165, 1.54) is 11.1 Å². The molecule has 0 radical (unpaired) electrons. The van der Waals surface area contributed by atoms with Crippen molar-refractivity contribution in [1.82, 2.24) is 0 Å². The third kappa shape index (κ3) is 6.65. The predicted molar refractivity (Wildman–Crippen MR) is 102 cm³/mol. The van der Waals surface area contributed by atoms with Crippen LogP contribution < -0.4 is 11.1 Å². The average molecular weight is 351 g/mol. The summed E-state index contributed by atoms with van der Waals surface area (Å²) < 4.78 is 0. The number of amides is 1. The van der Waals surface area contributed by atoms with Crippen LogP contribution in [0.1, 0.15) is 18.1 Å². The summed E-state index contributed by atoms with van der Waals surface area (Å²) >= 11 is 1.87. The summed E-state index contributed by atoms with van der Waals surface area (Å²) in [7, 11) is 0. The number of halogens is 1. The minimum absolute atomic E-state index is 0. The van der Waals surface area contributed by atoms with Gasteiger partial charge in [-0.3, -0.25) is 4.79 Å². The number of nitrogens with two attached hydrogens (primary N) is 1. The van der Waals surface area contributed by atoms with Gasteiger partial charge < -0.3 is 11.1 Å². The van der Waals surface area contributed by atoms with E-state index in [2.05, 4.69) is 35.6 Å². The van der Waals surface area contributed by atoms with Crippen LogP contribution in [0.3, 0.4) is 0 Å². The van der Waals surface area contributed by atoms with Crippen LogP contribution in [0.25, 0.3) is 0 Å². The number of thioether (sulfide) groups is 1. The van der Waals surface area contributed by atoms with Gasteiger partial charge in [0.15, 0.2) is 0 Å². The fourth-order valence-corrected chi connectivity index (χ4v) is 2.92. The van der Waals surface area contributed by atoms with Gasteiger partial charge >= 0.3 is 0 Å². The molecule has 1 atom stereocenters. The van der Waals surface area contributed by atoms with E-state index >= 15 is 0 Å². The zero-order valence-electron chi connectivity index (χ0n) is 13.2. The summed E-state index contributed by atoms with van der Waals surface area (Å²) in [5.74, 6) is 1.71. The van der Waals surface area contributed by atoms with Crippen LogP contribution in [-0.4, -0.2) is 12.5 Å². The number of hydrogen-bond acceptors (Lipinski definition) is 3. The molecule has 0 spiro atoms. The zero-order chi connectivity index (χ0) is 15.8. The number of carbonyl (C=O) groups excluding carboxylic acids is 1. The Morgan fingerprint density at radius 3 is 2.43 bits per heavy atom. The molecule has 0 saturated carbocycles. The maximum atomic E-state index is 11.9. The SMILES string of the molecule is CC(CN)C(=O)Nc1cccc(CSCc2ccccc2)c1.Cl. The molecule has 3 N–H and O–H groups in total. The number of rotatable bonds is 7. The van der Waals surface area contributed by atoms with E-state index in [0.717, 1.165) is 17.2 Å². The highest BCUT2D eigenvalue weighted by Crippen LogP contribution is 2.20. The monoisotopic (exact) mass is 350 g/mol. The fourth-order valence-electron chi connectivity index (χ4n) is 1.97. The van der Waals surface area contributed by atoms with Gasteiger partial charge in [-0.1, -0.05) is 49.4 Å². The van der Waals surface area contributed by atoms with Gasteiger partial charge in [0.1, 0.15) is 0 Å². The molecule has 0 aliphatic carbocycles. The Morgan fingerprint density at radius 1 is 1.09 bits per heavy atom. The topological polar surface area (TPSA) is 55.1 Å². The second-order valence-electron chi connectivity index (χ2n) is 5.30. The van der Waals surface area contributed by atoms with Crippen molar-refractivity contribution in [3.8, 4) is 0 Å². The summed E-state index contributed by atoms with van der Waals surface area (Å²) in [6.07, 6.45) is 0. The third-order valence-electron chi connectivity index (χ3n) is 3.38. The normalized spacial score (nSPS) is 11.4. The van der Waals surface area contributed by atoms with Crippen LogP contribution in [0.15, 0.2) is 54.6 Å². The number of anilines is 1. The molecule has 124 valence electrons. The maximum Gasteiger partial charge on any atom is 0.228 e. The van der Waals surface area contributed by atoms with Crippen molar-refractivity contribution in [3.63, 3.8) is 0 Å². The van der Waals surface area contributed by atoms with Gasteiger partial charge in [-0.2, -0.15) is 11.8 Å². The minimum Gasteiger partial charge on any atom is -0.330 e. The average Bonchev–Trinajstić information content (AvgIpc) is 2.55. The first-order chi connectivity index (χ1) is 10.7. The Hall–Kier alpha value is -1.49. The lowest BCUT2D eigenvalue weighted by molar-refractivity contribution is -0.119. The quantitative estimate of drug-likeness (QED) is 0.791. The van der Waals surface area contributed by atoms with Crippen molar-refractivity contribution in [3.05, 3.63) is 65.7 Å². The molecule has 0 aromatic heterocycles. The summed E-state index contributed by atoms with van der Waals surface area (Å²) in [4.78, 5) is 11.9. The van der Waals surface area contributed by atoms with Gasteiger partial charge in [-0.25, -0.2) is 0 Å². The van der Waals surface area contributed by atoms with Crippen molar-refractivity contribution >= 4 is 35.8 Å². The van der Waals surface area contributed by atoms with Crippen LogP contribution in [0, 0.1) is 5.92 Å². The molecule has 0 fully saturated rings. The van der Waals surface area contributed by atoms with Crippen molar-refractivity contribution in [2.75, 3.05) is 11.9 Å². The Bertz CT molecular complexity index is 607. The number of benzene rings is 2. The first kappa shape index (κ1) is 19.6. The molecule has 5 heteroatoms. The fraction of sp³-hybridized carbons (Fsp3) is 0.278. The molecule has 0 bridgehead atoms. The Labute approximate surface area is 148 Å². The number of hydrogen-bond donors (Lipinski definition) is 2. The summed E-state index contributed by atoms with van der Waals surface area (Å²) in [6, 6.07) is 18.4. The predicted octanol–water partition coefficient (Wildman–Crippen LogP) is 4.08. The van der Waals surface area contributed by atoms with Gasteiger partial charge in [-0.05, 0) is 23.3 Å². The molecule has 23 heavy (non-hydrogen) atoms. The van der Waals surface area contributed by atoms with E-state index in [-0.39, 0.29) is 24.2 Å². The van der Waals surface area contributed by atoms with Crippen LogP contribution in [-0.2, 0) is 16.3 Å². The number of nitrogens with one attached hydrogen (secondary N) is 1. The molecule has 1 unspecified atom stereocenters. The standard InChI is InChI=1S/C18H22N2OS.ClH/c1-14(11-19)18(21)20-17-9-5-8-16(10-17)13-22-12-15-6-3-2-4-7-15;/h2-10,14H,11-13,19H2,1H3,(H,20,21);1H. The zero-order valence-corrected chi connectivity index (χ0v) is 14.8. The first-order valence-corrected chi connectivity index (χ1v) is 8.56. The van der Waals surface area contributed by atoms with Gasteiger partial charge in [0.05, 0.1) is 0 Å². The molecular weight excluding hydrogens is 328 g/mol. The Balaban J connectivity index is 0.00000264. The maximum absolute atomic E-state index is 11.9. The summed E-state index contributed by atoms with van der Waals surface area (Å²) in [5.41, 5.74) is 8.88. The molecule has 2 aromatic carbocycles. The molecule has 0 heterocycles. The molecular formula is C18H23ClN2OS. The summed E-state index contributed by atoms with van der Waals surface area (Å²) in [5, 5.41) is 2.91. The van der Waals surface area contributed by atoms with Crippen LogP contribution >= 0.6 is 24.2 Å². The lowest BCUT2D eigenvalue weighted by Crippen LogP contribution is -2.26.